The van der Waals surface area contributed by atoms with Crippen molar-refractivity contribution < 1.29 is 14.3 Å². The van der Waals surface area contributed by atoms with E-state index in [1.54, 1.807) is 18.2 Å². The van der Waals surface area contributed by atoms with Crippen molar-refractivity contribution >= 4 is 17.5 Å². The maximum absolute atomic E-state index is 12.9. The molecule has 3 aromatic rings. The first-order valence-corrected chi connectivity index (χ1v) is 8.24. The van der Waals surface area contributed by atoms with Gasteiger partial charge in [-0.15, -0.1) is 5.10 Å². The molecule has 0 aliphatic heterocycles. The SMILES string of the molecule is O=C(NCc1cccc(Cl)c1)c1ncn(C[C@H](O)c2ccc(F)cc2)n1. The van der Waals surface area contributed by atoms with Gasteiger partial charge in [-0.05, 0) is 35.4 Å². The molecular formula is C18H16ClFN4O2. The van der Waals surface area contributed by atoms with Gasteiger partial charge in [0, 0.05) is 11.6 Å². The summed E-state index contributed by atoms with van der Waals surface area (Å²) >= 11 is 5.90. The minimum absolute atomic E-state index is 0.00154. The third kappa shape index (κ3) is 4.65. The Morgan fingerprint density at radius 1 is 1.27 bits per heavy atom. The van der Waals surface area contributed by atoms with Crippen LogP contribution in [0.1, 0.15) is 27.8 Å². The number of hydrogen-bond acceptors (Lipinski definition) is 4. The Bertz CT molecular complexity index is 898. The van der Waals surface area contributed by atoms with Gasteiger partial charge in [-0.2, -0.15) is 0 Å². The molecule has 6 nitrogen and oxygen atoms in total. The second-order valence-electron chi connectivity index (χ2n) is 5.67. The number of carbonyl (C=O) groups excluding carboxylic acids is 1. The average Bonchev–Trinajstić information content (AvgIpc) is 3.09. The van der Waals surface area contributed by atoms with Gasteiger partial charge >= 0.3 is 0 Å². The highest BCUT2D eigenvalue weighted by atomic mass is 35.5. The Labute approximate surface area is 154 Å². The number of nitrogens with one attached hydrogen (secondary N) is 1. The normalized spacial score (nSPS) is 12.0. The molecule has 0 aliphatic carbocycles. The summed E-state index contributed by atoms with van der Waals surface area (Å²) in [5.74, 6) is -0.807. The van der Waals surface area contributed by atoms with Gasteiger partial charge in [-0.1, -0.05) is 35.9 Å². The van der Waals surface area contributed by atoms with Gasteiger partial charge in [0.25, 0.3) is 5.91 Å². The second-order valence-corrected chi connectivity index (χ2v) is 6.11. The third-order valence-electron chi connectivity index (χ3n) is 3.70. The van der Waals surface area contributed by atoms with E-state index < -0.39 is 12.0 Å². The van der Waals surface area contributed by atoms with Gasteiger partial charge < -0.3 is 10.4 Å². The first-order chi connectivity index (χ1) is 12.5. The molecule has 134 valence electrons. The fourth-order valence-corrected chi connectivity index (χ4v) is 2.58. The standard InChI is InChI=1S/C18H16ClFN4O2/c19-14-3-1-2-12(8-14)9-21-18(26)17-22-11-24(23-17)10-16(25)13-4-6-15(20)7-5-13/h1-8,11,16,25H,9-10H2,(H,21,26)/t16-/m0/s1. The number of halogens is 2. The summed E-state index contributed by atoms with van der Waals surface area (Å²) < 4.78 is 14.3. The number of rotatable bonds is 6. The largest absolute Gasteiger partial charge is 0.386 e. The highest BCUT2D eigenvalue weighted by Gasteiger charge is 2.14. The summed E-state index contributed by atoms with van der Waals surface area (Å²) in [5.41, 5.74) is 1.41. The van der Waals surface area contributed by atoms with E-state index in [0.717, 1.165) is 5.56 Å². The lowest BCUT2D eigenvalue weighted by atomic mass is 10.1. The topological polar surface area (TPSA) is 80.0 Å². The van der Waals surface area contributed by atoms with E-state index >= 15 is 0 Å². The summed E-state index contributed by atoms with van der Waals surface area (Å²) in [6, 6.07) is 12.7. The third-order valence-corrected chi connectivity index (χ3v) is 3.93. The van der Waals surface area contributed by atoms with Crippen LogP contribution in [-0.4, -0.2) is 25.8 Å². The summed E-state index contributed by atoms with van der Waals surface area (Å²) in [4.78, 5) is 16.1. The lowest BCUT2D eigenvalue weighted by Crippen LogP contribution is -2.24. The molecule has 0 unspecified atom stereocenters. The number of nitrogens with zero attached hydrogens (tertiary/aromatic N) is 3. The monoisotopic (exact) mass is 374 g/mol. The summed E-state index contributed by atoms with van der Waals surface area (Å²) in [6.07, 6.45) is 0.473. The van der Waals surface area contributed by atoms with Crippen LogP contribution in [0.5, 0.6) is 0 Å². The number of aliphatic hydroxyl groups is 1. The van der Waals surface area contributed by atoms with Crippen molar-refractivity contribution in [2.75, 3.05) is 0 Å². The van der Waals surface area contributed by atoms with Crippen molar-refractivity contribution in [3.63, 3.8) is 0 Å². The van der Waals surface area contributed by atoms with Gasteiger partial charge in [-0.3, -0.25) is 4.79 Å². The molecule has 1 heterocycles. The summed E-state index contributed by atoms with van der Waals surface area (Å²) in [7, 11) is 0. The number of aliphatic hydroxyl groups excluding tert-OH is 1. The van der Waals surface area contributed by atoms with E-state index in [4.69, 9.17) is 11.6 Å². The molecule has 1 amide bonds. The van der Waals surface area contributed by atoms with Crippen molar-refractivity contribution in [2.45, 2.75) is 19.2 Å². The summed E-state index contributed by atoms with van der Waals surface area (Å²) in [6.45, 7) is 0.395. The Morgan fingerprint density at radius 2 is 2.04 bits per heavy atom. The molecule has 8 heteroatoms. The van der Waals surface area contributed by atoms with Crippen LogP contribution < -0.4 is 5.32 Å². The van der Waals surface area contributed by atoms with Crippen LogP contribution in [0.4, 0.5) is 4.39 Å². The lowest BCUT2D eigenvalue weighted by Gasteiger charge is -2.10. The Morgan fingerprint density at radius 3 is 2.77 bits per heavy atom. The van der Waals surface area contributed by atoms with Gasteiger partial charge in [-0.25, -0.2) is 14.1 Å². The van der Waals surface area contributed by atoms with Crippen LogP contribution in [0.3, 0.4) is 0 Å². The van der Waals surface area contributed by atoms with Crippen molar-refractivity contribution in [3.05, 3.63) is 82.6 Å². The molecule has 0 radical (unpaired) electrons. The fraction of sp³-hybridized carbons (Fsp3) is 0.167. The van der Waals surface area contributed by atoms with Crippen molar-refractivity contribution in [2.24, 2.45) is 0 Å². The van der Waals surface area contributed by atoms with Crippen molar-refractivity contribution in [1.29, 1.82) is 0 Å². The molecule has 0 aliphatic rings. The molecular weight excluding hydrogens is 359 g/mol. The van der Waals surface area contributed by atoms with Crippen LogP contribution >= 0.6 is 11.6 Å². The molecule has 26 heavy (non-hydrogen) atoms. The van der Waals surface area contributed by atoms with Gasteiger partial charge in [0.1, 0.15) is 12.1 Å². The smallest absolute Gasteiger partial charge is 0.291 e. The van der Waals surface area contributed by atoms with E-state index in [0.29, 0.717) is 17.1 Å². The van der Waals surface area contributed by atoms with E-state index in [9.17, 15) is 14.3 Å². The molecule has 1 aromatic heterocycles. The van der Waals surface area contributed by atoms with Crippen LogP contribution in [-0.2, 0) is 13.1 Å². The maximum atomic E-state index is 12.9. The highest BCUT2D eigenvalue weighted by molar-refractivity contribution is 6.30. The van der Waals surface area contributed by atoms with Gasteiger partial charge in [0.15, 0.2) is 0 Å². The number of aromatic nitrogens is 3. The van der Waals surface area contributed by atoms with Crippen LogP contribution in [0, 0.1) is 5.82 Å². The maximum Gasteiger partial charge on any atom is 0.291 e. The first kappa shape index (κ1) is 18.0. The Balaban J connectivity index is 1.58. The Hall–Kier alpha value is -2.77. The van der Waals surface area contributed by atoms with Crippen molar-refractivity contribution in [3.8, 4) is 0 Å². The number of amides is 1. The van der Waals surface area contributed by atoms with E-state index in [1.807, 2.05) is 6.07 Å². The molecule has 1 atom stereocenters. The molecule has 2 N–H and O–H groups in total. The average molecular weight is 375 g/mol. The molecule has 0 spiro atoms. The first-order valence-electron chi connectivity index (χ1n) is 7.87. The van der Waals surface area contributed by atoms with Gasteiger partial charge in [0.2, 0.25) is 5.82 Å². The van der Waals surface area contributed by atoms with E-state index in [-0.39, 0.29) is 18.2 Å². The van der Waals surface area contributed by atoms with Crippen LogP contribution in [0.2, 0.25) is 5.02 Å². The fourth-order valence-electron chi connectivity index (χ4n) is 2.36. The molecule has 0 saturated carbocycles. The minimum Gasteiger partial charge on any atom is -0.386 e. The zero-order valence-electron chi connectivity index (χ0n) is 13.6. The second kappa shape index (κ2) is 8.07. The van der Waals surface area contributed by atoms with Crippen LogP contribution in [0.15, 0.2) is 54.9 Å². The molecule has 0 bridgehead atoms. The molecule has 3 rings (SSSR count). The molecule has 0 saturated heterocycles. The number of carbonyl (C=O) groups is 1. The van der Waals surface area contributed by atoms with Crippen LogP contribution in [0.25, 0.3) is 0 Å². The minimum atomic E-state index is -0.889. The zero-order chi connectivity index (χ0) is 18.5. The Kier molecular flexibility index (Phi) is 5.60. The zero-order valence-corrected chi connectivity index (χ0v) is 14.4. The van der Waals surface area contributed by atoms with Crippen molar-refractivity contribution in [1.82, 2.24) is 20.1 Å². The molecule has 0 fully saturated rings. The van der Waals surface area contributed by atoms with E-state index in [2.05, 4.69) is 15.4 Å². The highest BCUT2D eigenvalue weighted by Crippen LogP contribution is 2.15. The number of benzene rings is 2. The van der Waals surface area contributed by atoms with Gasteiger partial charge in [0.05, 0.1) is 12.6 Å². The summed E-state index contributed by atoms with van der Waals surface area (Å²) in [5, 5.41) is 17.5. The number of hydrogen-bond donors (Lipinski definition) is 2. The quantitative estimate of drug-likeness (QED) is 0.695. The molecule has 2 aromatic carbocycles. The van der Waals surface area contributed by atoms with E-state index in [1.165, 1.54) is 35.3 Å². The predicted molar refractivity (Wildman–Crippen MR) is 94.0 cm³/mol. The lowest BCUT2D eigenvalue weighted by molar-refractivity contribution is 0.0938. The predicted octanol–water partition coefficient (Wildman–Crippen LogP) is 2.73.